The third-order valence-corrected chi connectivity index (χ3v) is 4.94. The first-order valence-electron chi connectivity index (χ1n) is 9.14. The molecule has 0 N–H and O–H groups in total. The van der Waals surface area contributed by atoms with Crippen molar-refractivity contribution in [2.75, 3.05) is 6.61 Å². The van der Waals surface area contributed by atoms with Gasteiger partial charge in [-0.15, -0.1) is 0 Å². The van der Waals surface area contributed by atoms with Crippen molar-refractivity contribution in [3.8, 4) is 5.75 Å². The summed E-state index contributed by atoms with van der Waals surface area (Å²) in [5, 5.41) is 0. The number of aryl methyl sites for hydroxylation is 1. The van der Waals surface area contributed by atoms with E-state index in [1.165, 1.54) is 49.1 Å². The first kappa shape index (κ1) is 16.8. The van der Waals surface area contributed by atoms with Gasteiger partial charge in [0.25, 0.3) is 0 Å². The van der Waals surface area contributed by atoms with Crippen molar-refractivity contribution in [1.82, 2.24) is 4.57 Å². The van der Waals surface area contributed by atoms with E-state index in [0.717, 1.165) is 11.4 Å². The Morgan fingerprint density at radius 3 is 2.71 bits per heavy atom. The fourth-order valence-corrected chi connectivity index (χ4v) is 3.80. The third kappa shape index (κ3) is 3.72. The average Bonchev–Trinajstić information content (AvgIpc) is 2.88. The second kappa shape index (κ2) is 7.69. The van der Waals surface area contributed by atoms with Crippen LogP contribution < -0.4 is 4.74 Å². The second-order valence-corrected chi connectivity index (χ2v) is 6.68. The average molecular weight is 324 g/mol. The zero-order valence-electron chi connectivity index (χ0n) is 15.1. The molecule has 0 unspecified atom stereocenters. The minimum atomic E-state index is 0.669. The molecular formula is C21H28N2O. The van der Waals surface area contributed by atoms with Crippen LogP contribution >= 0.6 is 0 Å². The summed E-state index contributed by atoms with van der Waals surface area (Å²) < 4.78 is 8.07. The molecule has 1 fully saturated rings. The molecule has 3 heteroatoms. The van der Waals surface area contributed by atoms with E-state index in [1.54, 1.807) is 0 Å². The van der Waals surface area contributed by atoms with Crippen molar-refractivity contribution >= 4 is 11.9 Å². The second-order valence-electron chi connectivity index (χ2n) is 6.68. The lowest BCUT2D eigenvalue weighted by molar-refractivity contribution is 0.340. The predicted octanol–water partition coefficient (Wildman–Crippen LogP) is 5.76. The monoisotopic (exact) mass is 324 g/mol. The molecule has 0 spiro atoms. The molecule has 0 radical (unpaired) electrons. The van der Waals surface area contributed by atoms with Crippen molar-refractivity contribution in [2.24, 2.45) is 4.99 Å². The molecule has 3 nitrogen and oxygen atoms in total. The SMILES string of the molecule is CCOc1cccc(N=Cc2cc(C)n(C3CCCCC3)c2C)c1. The molecular weight excluding hydrogens is 296 g/mol. The van der Waals surface area contributed by atoms with Gasteiger partial charge in [0.05, 0.1) is 12.3 Å². The van der Waals surface area contributed by atoms with Crippen molar-refractivity contribution in [3.63, 3.8) is 0 Å². The fraction of sp³-hybridized carbons (Fsp3) is 0.476. The Kier molecular flexibility index (Phi) is 5.39. The summed E-state index contributed by atoms with van der Waals surface area (Å²) in [5.41, 5.74) is 4.84. The van der Waals surface area contributed by atoms with Crippen LogP contribution in [0, 0.1) is 13.8 Å². The third-order valence-electron chi connectivity index (χ3n) is 4.94. The lowest BCUT2D eigenvalue weighted by Gasteiger charge is -2.26. The highest BCUT2D eigenvalue weighted by atomic mass is 16.5. The van der Waals surface area contributed by atoms with E-state index in [9.17, 15) is 0 Å². The Labute approximate surface area is 145 Å². The van der Waals surface area contributed by atoms with E-state index in [4.69, 9.17) is 4.74 Å². The molecule has 0 aliphatic heterocycles. The fourth-order valence-electron chi connectivity index (χ4n) is 3.80. The Morgan fingerprint density at radius 2 is 1.96 bits per heavy atom. The van der Waals surface area contributed by atoms with Gasteiger partial charge in [-0.1, -0.05) is 25.3 Å². The van der Waals surface area contributed by atoms with E-state index >= 15 is 0 Å². The number of hydrogen-bond acceptors (Lipinski definition) is 2. The number of hydrogen-bond donors (Lipinski definition) is 0. The standard InChI is InChI=1S/C21H28N2O/c1-4-24-21-12-8-9-19(14-21)22-15-18-13-16(2)23(17(18)3)20-10-6-5-7-11-20/h8-9,12-15,20H,4-7,10-11H2,1-3H3. The molecule has 3 rings (SSSR count). The lowest BCUT2D eigenvalue weighted by atomic mass is 9.95. The topological polar surface area (TPSA) is 26.5 Å². The van der Waals surface area contributed by atoms with E-state index in [2.05, 4.69) is 29.5 Å². The van der Waals surface area contributed by atoms with Crippen LogP contribution in [-0.4, -0.2) is 17.4 Å². The van der Waals surface area contributed by atoms with Gasteiger partial charge in [-0.3, -0.25) is 4.99 Å². The number of benzene rings is 1. The Morgan fingerprint density at radius 1 is 1.17 bits per heavy atom. The van der Waals surface area contributed by atoms with Crippen molar-refractivity contribution in [1.29, 1.82) is 0 Å². The Balaban J connectivity index is 1.81. The highest BCUT2D eigenvalue weighted by molar-refractivity contribution is 5.84. The molecule has 0 atom stereocenters. The normalized spacial score (nSPS) is 16.0. The molecule has 1 aromatic heterocycles. The molecule has 0 amide bonds. The van der Waals surface area contributed by atoms with Gasteiger partial charge >= 0.3 is 0 Å². The van der Waals surface area contributed by atoms with Crippen LogP contribution in [0.4, 0.5) is 5.69 Å². The van der Waals surface area contributed by atoms with Crippen LogP contribution in [-0.2, 0) is 0 Å². The lowest BCUT2D eigenvalue weighted by Crippen LogP contribution is -2.15. The van der Waals surface area contributed by atoms with Gasteiger partial charge in [0.2, 0.25) is 0 Å². The summed E-state index contributed by atoms with van der Waals surface area (Å²) in [5.74, 6) is 0.875. The first-order chi connectivity index (χ1) is 11.7. The predicted molar refractivity (Wildman–Crippen MR) is 101 cm³/mol. The van der Waals surface area contributed by atoms with Gasteiger partial charge in [0.15, 0.2) is 0 Å². The molecule has 1 heterocycles. The summed E-state index contributed by atoms with van der Waals surface area (Å²) in [6.45, 7) is 7.11. The molecule has 0 saturated heterocycles. The van der Waals surface area contributed by atoms with Crippen LogP contribution in [0.2, 0.25) is 0 Å². The summed E-state index contributed by atoms with van der Waals surface area (Å²) in [4.78, 5) is 4.66. The summed E-state index contributed by atoms with van der Waals surface area (Å²) in [6.07, 6.45) is 8.71. The number of rotatable bonds is 5. The highest BCUT2D eigenvalue weighted by Crippen LogP contribution is 2.32. The summed E-state index contributed by atoms with van der Waals surface area (Å²) in [6, 6.07) is 10.9. The van der Waals surface area contributed by atoms with Crippen LogP contribution in [0.3, 0.4) is 0 Å². The summed E-state index contributed by atoms with van der Waals surface area (Å²) in [7, 11) is 0. The van der Waals surface area contributed by atoms with E-state index in [-0.39, 0.29) is 0 Å². The molecule has 1 aliphatic rings. The van der Waals surface area contributed by atoms with E-state index < -0.39 is 0 Å². The van der Waals surface area contributed by atoms with Crippen molar-refractivity contribution < 1.29 is 4.74 Å². The minimum absolute atomic E-state index is 0.669. The minimum Gasteiger partial charge on any atom is -0.494 e. The number of aromatic nitrogens is 1. The molecule has 128 valence electrons. The number of ether oxygens (including phenoxy) is 1. The molecule has 1 aliphatic carbocycles. The molecule has 0 bridgehead atoms. The van der Waals surface area contributed by atoms with Gasteiger partial charge < -0.3 is 9.30 Å². The number of aliphatic imine (C=N–C) groups is 1. The Hall–Kier alpha value is -2.03. The van der Waals surface area contributed by atoms with Gasteiger partial charge in [0, 0.05) is 35.3 Å². The van der Waals surface area contributed by atoms with Crippen LogP contribution in [0.25, 0.3) is 0 Å². The molecule has 24 heavy (non-hydrogen) atoms. The maximum Gasteiger partial charge on any atom is 0.121 e. The van der Waals surface area contributed by atoms with E-state index in [0.29, 0.717) is 12.6 Å². The smallest absolute Gasteiger partial charge is 0.121 e. The Bertz CT molecular complexity index is 709. The zero-order chi connectivity index (χ0) is 16.9. The molecule has 1 saturated carbocycles. The summed E-state index contributed by atoms with van der Waals surface area (Å²) >= 11 is 0. The van der Waals surface area contributed by atoms with Crippen LogP contribution in [0.1, 0.15) is 62.0 Å². The zero-order valence-corrected chi connectivity index (χ0v) is 15.1. The van der Waals surface area contributed by atoms with Gasteiger partial charge in [0.1, 0.15) is 5.75 Å². The van der Waals surface area contributed by atoms with Gasteiger partial charge in [-0.2, -0.15) is 0 Å². The van der Waals surface area contributed by atoms with E-state index in [1.807, 2.05) is 37.4 Å². The van der Waals surface area contributed by atoms with Gasteiger partial charge in [-0.25, -0.2) is 0 Å². The quantitative estimate of drug-likeness (QED) is 0.642. The van der Waals surface area contributed by atoms with Crippen molar-refractivity contribution in [2.45, 2.75) is 58.9 Å². The largest absolute Gasteiger partial charge is 0.494 e. The number of nitrogens with zero attached hydrogens (tertiary/aromatic N) is 2. The van der Waals surface area contributed by atoms with Crippen LogP contribution in [0.5, 0.6) is 5.75 Å². The van der Waals surface area contributed by atoms with Crippen LogP contribution in [0.15, 0.2) is 35.3 Å². The maximum absolute atomic E-state index is 5.55. The molecule has 1 aromatic carbocycles. The van der Waals surface area contributed by atoms with Gasteiger partial charge in [-0.05, 0) is 51.8 Å². The van der Waals surface area contributed by atoms with Crippen molar-refractivity contribution in [3.05, 3.63) is 47.3 Å². The maximum atomic E-state index is 5.55. The first-order valence-corrected chi connectivity index (χ1v) is 9.14. The molecule has 2 aromatic rings. The highest BCUT2D eigenvalue weighted by Gasteiger charge is 2.19.